The molecule has 0 saturated carbocycles. The van der Waals surface area contributed by atoms with E-state index in [4.69, 9.17) is 22.1 Å². The van der Waals surface area contributed by atoms with Crippen molar-refractivity contribution in [1.29, 1.82) is 0 Å². The minimum atomic E-state index is -0.700. The number of anilines is 1. The van der Waals surface area contributed by atoms with Gasteiger partial charge in [0.05, 0.1) is 9.95 Å². The van der Waals surface area contributed by atoms with Crippen molar-refractivity contribution >= 4 is 23.1 Å². The monoisotopic (exact) mass is 280 g/mol. The van der Waals surface area contributed by atoms with Gasteiger partial charge in [0.2, 0.25) is 5.82 Å². The quantitative estimate of drug-likeness (QED) is 0.684. The standard InChI is InChI=1S/C11H9ClN4O3/c1-6-2-3-7(12)8(4-6)19-11-9(16(17)18)10(13)14-5-15-11/h2-5H,1H3,(H2,13,14,15). The fraction of sp³-hybridized carbons (Fsp3) is 0.0909. The zero-order valence-corrected chi connectivity index (χ0v) is 10.6. The minimum absolute atomic E-state index is 0.245. The summed E-state index contributed by atoms with van der Waals surface area (Å²) >= 11 is 5.95. The summed E-state index contributed by atoms with van der Waals surface area (Å²) in [5, 5.41) is 11.2. The molecule has 98 valence electrons. The Bertz CT molecular complexity index is 648. The normalized spacial score (nSPS) is 10.2. The number of benzene rings is 1. The van der Waals surface area contributed by atoms with Gasteiger partial charge in [0.1, 0.15) is 12.1 Å². The van der Waals surface area contributed by atoms with Crippen LogP contribution in [0.25, 0.3) is 0 Å². The van der Waals surface area contributed by atoms with E-state index in [9.17, 15) is 10.1 Å². The second-order valence-corrected chi connectivity index (χ2v) is 4.11. The molecule has 0 aliphatic carbocycles. The highest BCUT2D eigenvalue weighted by Crippen LogP contribution is 2.35. The summed E-state index contributed by atoms with van der Waals surface area (Å²) in [6.07, 6.45) is 1.08. The van der Waals surface area contributed by atoms with Crippen molar-refractivity contribution in [3.05, 3.63) is 45.2 Å². The van der Waals surface area contributed by atoms with E-state index in [1.165, 1.54) is 0 Å². The first-order chi connectivity index (χ1) is 8.99. The Labute approximate surface area is 113 Å². The van der Waals surface area contributed by atoms with Crippen molar-refractivity contribution in [3.63, 3.8) is 0 Å². The van der Waals surface area contributed by atoms with Gasteiger partial charge in [-0.1, -0.05) is 17.7 Å². The van der Waals surface area contributed by atoms with Gasteiger partial charge in [-0.25, -0.2) is 4.98 Å². The second kappa shape index (κ2) is 5.07. The molecular weight excluding hydrogens is 272 g/mol. The fourth-order valence-electron chi connectivity index (χ4n) is 1.41. The summed E-state index contributed by atoms with van der Waals surface area (Å²) in [4.78, 5) is 17.5. The van der Waals surface area contributed by atoms with Crippen LogP contribution in [0.2, 0.25) is 5.02 Å². The van der Waals surface area contributed by atoms with Gasteiger partial charge in [0.25, 0.3) is 0 Å². The van der Waals surface area contributed by atoms with E-state index < -0.39 is 10.6 Å². The molecule has 0 fully saturated rings. The highest BCUT2D eigenvalue weighted by molar-refractivity contribution is 6.32. The lowest BCUT2D eigenvalue weighted by molar-refractivity contribution is -0.385. The molecule has 2 aromatic rings. The first kappa shape index (κ1) is 13.0. The molecule has 0 aliphatic rings. The van der Waals surface area contributed by atoms with E-state index in [-0.39, 0.29) is 17.4 Å². The van der Waals surface area contributed by atoms with E-state index in [1.807, 2.05) is 6.92 Å². The van der Waals surface area contributed by atoms with Crippen LogP contribution in [0, 0.1) is 17.0 Å². The molecule has 0 amide bonds. The lowest BCUT2D eigenvalue weighted by atomic mass is 10.2. The number of aromatic nitrogens is 2. The Morgan fingerprint density at radius 2 is 2.16 bits per heavy atom. The summed E-state index contributed by atoms with van der Waals surface area (Å²) in [6.45, 7) is 1.84. The van der Waals surface area contributed by atoms with Gasteiger partial charge in [0.15, 0.2) is 0 Å². The highest BCUT2D eigenvalue weighted by atomic mass is 35.5. The average molecular weight is 281 g/mol. The van der Waals surface area contributed by atoms with Crippen molar-refractivity contribution in [2.75, 3.05) is 5.73 Å². The van der Waals surface area contributed by atoms with Crippen LogP contribution in [0.4, 0.5) is 11.5 Å². The lowest BCUT2D eigenvalue weighted by Crippen LogP contribution is -2.02. The van der Waals surface area contributed by atoms with Gasteiger partial charge in [-0.2, -0.15) is 4.98 Å². The van der Waals surface area contributed by atoms with E-state index in [2.05, 4.69) is 9.97 Å². The second-order valence-electron chi connectivity index (χ2n) is 3.71. The van der Waals surface area contributed by atoms with Gasteiger partial charge < -0.3 is 10.5 Å². The molecule has 19 heavy (non-hydrogen) atoms. The Hall–Kier alpha value is -2.41. The zero-order valence-electron chi connectivity index (χ0n) is 9.83. The maximum atomic E-state index is 10.9. The number of hydrogen-bond acceptors (Lipinski definition) is 6. The molecule has 0 spiro atoms. The SMILES string of the molecule is Cc1ccc(Cl)c(Oc2ncnc(N)c2[N+](=O)[O-])c1. The van der Waals surface area contributed by atoms with Crippen LogP contribution in [0.3, 0.4) is 0 Å². The van der Waals surface area contributed by atoms with Crippen LogP contribution >= 0.6 is 11.6 Å². The van der Waals surface area contributed by atoms with E-state index in [0.29, 0.717) is 5.02 Å². The average Bonchev–Trinajstić information content (AvgIpc) is 2.33. The Kier molecular flexibility index (Phi) is 3.48. The van der Waals surface area contributed by atoms with Crippen molar-refractivity contribution in [2.45, 2.75) is 6.92 Å². The summed E-state index contributed by atoms with van der Waals surface area (Å²) in [6, 6.07) is 5.06. The molecule has 1 aromatic heterocycles. The molecule has 2 N–H and O–H groups in total. The predicted octanol–water partition coefficient (Wildman–Crippen LogP) is 2.72. The highest BCUT2D eigenvalue weighted by Gasteiger charge is 2.23. The van der Waals surface area contributed by atoms with Gasteiger partial charge in [-0.05, 0) is 24.6 Å². The summed E-state index contributed by atoms with van der Waals surface area (Å²) < 4.78 is 5.36. The molecule has 8 heteroatoms. The predicted molar refractivity (Wildman–Crippen MR) is 69.4 cm³/mol. The largest absolute Gasteiger partial charge is 0.432 e. The Morgan fingerprint density at radius 1 is 1.42 bits per heavy atom. The third-order valence-electron chi connectivity index (χ3n) is 2.29. The minimum Gasteiger partial charge on any atom is -0.432 e. The van der Waals surface area contributed by atoms with Crippen LogP contribution in [-0.4, -0.2) is 14.9 Å². The fourth-order valence-corrected chi connectivity index (χ4v) is 1.57. The van der Waals surface area contributed by atoms with Gasteiger partial charge in [-0.15, -0.1) is 0 Å². The molecule has 1 aromatic carbocycles. The van der Waals surface area contributed by atoms with Crippen molar-refractivity contribution in [2.24, 2.45) is 0 Å². The molecule has 2 rings (SSSR count). The summed E-state index contributed by atoms with van der Waals surface area (Å²) in [5.41, 5.74) is 5.84. The Balaban J connectivity index is 2.46. The van der Waals surface area contributed by atoms with Crippen molar-refractivity contribution in [3.8, 4) is 11.6 Å². The third kappa shape index (κ3) is 2.71. The molecule has 0 radical (unpaired) electrons. The van der Waals surface area contributed by atoms with Gasteiger partial charge >= 0.3 is 11.6 Å². The van der Waals surface area contributed by atoms with Crippen molar-refractivity contribution in [1.82, 2.24) is 9.97 Å². The molecule has 0 aliphatic heterocycles. The number of rotatable bonds is 3. The van der Waals surface area contributed by atoms with Crippen LogP contribution in [0.5, 0.6) is 11.6 Å². The smallest absolute Gasteiger partial charge is 0.372 e. The molecule has 0 saturated heterocycles. The molecule has 7 nitrogen and oxygen atoms in total. The number of nitrogens with zero attached hydrogens (tertiary/aromatic N) is 3. The lowest BCUT2D eigenvalue weighted by Gasteiger charge is -2.08. The van der Waals surface area contributed by atoms with E-state index >= 15 is 0 Å². The van der Waals surface area contributed by atoms with E-state index in [1.54, 1.807) is 18.2 Å². The molecule has 0 bridgehead atoms. The first-order valence-corrected chi connectivity index (χ1v) is 5.55. The molecule has 0 unspecified atom stereocenters. The third-order valence-corrected chi connectivity index (χ3v) is 2.61. The van der Waals surface area contributed by atoms with Crippen molar-refractivity contribution < 1.29 is 9.66 Å². The molecular formula is C11H9ClN4O3. The van der Waals surface area contributed by atoms with Crippen LogP contribution in [-0.2, 0) is 0 Å². The maximum absolute atomic E-state index is 10.9. The van der Waals surface area contributed by atoms with Gasteiger partial charge in [-0.3, -0.25) is 10.1 Å². The number of nitro groups is 1. The number of halogens is 1. The topological polar surface area (TPSA) is 104 Å². The van der Waals surface area contributed by atoms with Crippen LogP contribution in [0.15, 0.2) is 24.5 Å². The summed E-state index contributed by atoms with van der Waals surface area (Å²) in [5.74, 6) is -0.244. The first-order valence-electron chi connectivity index (χ1n) is 5.18. The number of nitrogen functional groups attached to an aromatic ring is 1. The molecule has 0 atom stereocenters. The zero-order chi connectivity index (χ0) is 14.0. The van der Waals surface area contributed by atoms with E-state index in [0.717, 1.165) is 11.9 Å². The number of hydrogen-bond donors (Lipinski definition) is 1. The van der Waals surface area contributed by atoms with Gasteiger partial charge in [0, 0.05) is 0 Å². The van der Waals surface area contributed by atoms with Crippen LogP contribution < -0.4 is 10.5 Å². The number of ether oxygens (including phenoxy) is 1. The number of nitrogens with two attached hydrogens (primary N) is 1. The number of aryl methyl sites for hydroxylation is 1. The molecule has 1 heterocycles. The Morgan fingerprint density at radius 3 is 2.84 bits per heavy atom. The summed E-state index contributed by atoms with van der Waals surface area (Å²) in [7, 11) is 0. The maximum Gasteiger partial charge on any atom is 0.372 e. The van der Waals surface area contributed by atoms with Crippen LogP contribution in [0.1, 0.15) is 5.56 Å².